The highest BCUT2D eigenvalue weighted by molar-refractivity contribution is 6.19. The minimum atomic E-state index is -1.65. The normalized spacial score (nSPS) is 18.1. The molecule has 7 heteroatoms. The number of rotatable bonds is 5. The third kappa shape index (κ3) is 3.47. The first-order chi connectivity index (χ1) is 14.0. The molecule has 1 unspecified atom stereocenters. The van der Waals surface area contributed by atoms with E-state index in [4.69, 9.17) is 4.74 Å². The topological polar surface area (TPSA) is 76.5 Å². The Bertz CT molecular complexity index is 1050. The summed E-state index contributed by atoms with van der Waals surface area (Å²) in [5.41, 5.74) is 0.632. The molecule has 0 aliphatic carbocycles. The van der Waals surface area contributed by atoms with Gasteiger partial charge in [0.2, 0.25) is 0 Å². The molecule has 2 heterocycles. The van der Waals surface area contributed by atoms with Crippen LogP contribution >= 0.6 is 0 Å². The molecule has 0 radical (unpaired) electrons. The number of nitrogens with zero attached hydrogens (tertiary/aromatic N) is 3. The van der Waals surface area contributed by atoms with Gasteiger partial charge in [-0.15, -0.1) is 0 Å². The lowest BCUT2D eigenvalue weighted by Gasteiger charge is -2.39. The maximum Gasteiger partial charge on any atom is 0.280 e. The summed E-state index contributed by atoms with van der Waals surface area (Å²) in [5, 5.41) is 2.84. The van der Waals surface area contributed by atoms with Crippen LogP contribution in [0, 0.1) is 0 Å². The van der Waals surface area contributed by atoms with Gasteiger partial charge in [-0.1, -0.05) is 24.3 Å². The molecule has 0 saturated heterocycles. The van der Waals surface area contributed by atoms with Crippen LogP contribution in [0.3, 0.4) is 0 Å². The van der Waals surface area contributed by atoms with Gasteiger partial charge in [0.1, 0.15) is 5.75 Å². The second-order valence-corrected chi connectivity index (χ2v) is 7.04. The lowest BCUT2D eigenvalue weighted by atomic mass is 9.99. The lowest BCUT2D eigenvalue weighted by Crippen LogP contribution is -2.60. The predicted molar refractivity (Wildman–Crippen MR) is 110 cm³/mol. The van der Waals surface area contributed by atoms with Gasteiger partial charge >= 0.3 is 0 Å². The van der Waals surface area contributed by atoms with Crippen molar-refractivity contribution in [1.82, 2.24) is 9.55 Å². The molecule has 0 saturated carbocycles. The fraction of sp³-hybridized carbons (Fsp3) is 0.227. The van der Waals surface area contributed by atoms with Crippen LogP contribution in [0.1, 0.15) is 19.4 Å². The molecule has 0 spiro atoms. The van der Waals surface area contributed by atoms with Crippen molar-refractivity contribution in [3.05, 3.63) is 72.8 Å². The van der Waals surface area contributed by atoms with Gasteiger partial charge in [-0.05, 0) is 43.7 Å². The zero-order valence-corrected chi connectivity index (χ0v) is 16.3. The van der Waals surface area contributed by atoms with E-state index in [1.54, 1.807) is 29.6 Å². The maximum absolute atomic E-state index is 13.1. The van der Waals surface area contributed by atoms with E-state index >= 15 is 0 Å². The van der Waals surface area contributed by atoms with E-state index in [0.717, 1.165) is 5.56 Å². The van der Waals surface area contributed by atoms with Crippen LogP contribution < -0.4 is 15.0 Å². The maximum atomic E-state index is 13.1. The van der Waals surface area contributed by atoms with Crippen LogP contribution in [-0.4, -0.2) is 33.5 Å². The minimum absolute atomic E-state index is 0.384. The van der Waals surface area contributed by atoms with Gasteiger partial charge < -0.3 is 19.5 Å². The zero-order chi connectivity index (χ0) is 20.4. The van der Waals surface area contributed by atoms with Gasteiger partial charge in [-0.2, -0.15) is 0 Å². The van der Waals surface area contributed by atoms with Gasteiger partial charge in [0.15, 0.2) is 0 Å². The number of carbonyl (C=O) groups is 2. The van der Waals surface area contributed by atoms with Crippen molar-refractivity contribution in [2.24, 2.45) is 0 Å². The average Bonchev–Trinajstić information content (AvgIpc) is 3.22. The largest absolute Gasteiger partial charge is 0.465 e. The molecule has 148 valence electrons. The molecule has 2 amide bonds. The highest BCUT2D eigenvalue weighted by Crippen LogP contribution is 2.38. The molecule has 1 atom stereocenters. The van der Waals surface area contributed by atoms with Crippen molar-refractivity contribution in [2.45, 2.75) is 26.0 Å². The summed E-state index contributed by atoms with van der Waals surface area (Å²) in [5.74, 6) is -0.374. The number of nitrogens with one attached hydrogen (secondary N) is 1. The van der Waals surface area contributed by atoms with E-state index in [1.165, 1.54) is 6.92 Å². The summed E-state index contributed by atoms with van der Waals surface area (Å²) in [6, 6.07) is 14.7. The van der Waals surface area contributed by atoms with Gasteiger partial charge in [0, 0.05) is 31.2 Å². The number of anilines is 2. The molecule has 7 nitrogen and oxygen atoms in total. The van der Waals surface area contributed by atoms with Gasteiger partial charge in [0.05, 0.1) is 12.0 Å². The van der Waals surface area contributed by atoms with E-state index in [2.05, 4.69) is 10.3 Å². The molecule has 1 aliphatic rings. The summed E-state index contributed by atoms with van der Waals surface area (Å²) in [6.45, 7) is 4.46. The number of aromatic nitrogens is 2. The number of amides is 2. The van der Waals surface area contributed by atoms with Crippen LogP contribution in [0.4, 0.5) is 11.4 Å². The lowest BCUT2D eigenvalue weighted by molar-refractivity contribution is -0.145. The van der Waals surface area contributed by atoms with Crippen molar-refractivity contribution in [3.8, 4) is 5.75 Å². The van der Waals surface area contributed by atoms with Crippen molar-refractivity contribution >= 4 is 23.2 Å². The smallest absolute Gasteiger partial charge is 0.280 e. The number of likely N-dealkylation sites (N-methyl/N-ethyl adjacent to an activating group) is 1. The molecular formula is C22H22N4O3. The fourth-order valence-corrected chi connectivity index (χ4v) is 3.44. The highest BCUT2D eigenvalue weighted by Gasteiger charge is 2.50. The summed E-state index contributed by atoms with van der Waals surface area (Å²) >= 11 is 0. The first kappa shape index (κ1) is 18.7. The van der Waals surface area contributed by atoms with Crippen molar-refractivity contribution in [3.63, 3.8) is 0 Å². The quantitative estimate of drug-likeness (QED) is 0.680. The Balaban J connectivity index is 1.57. The molecule has 1 aromatic heterocycles. The Morgan fingerprint density at radius 2 is 2.03 bits per heavy atom. The third-order valence-corrected chi connectivity index (χ3v) is 4.98. The van der Waals surface area contributed by atoms with Gasteiger partial charge in [-0.25, -0.2) is 4.98 Å². The Morgan fingerprint density at radius 3 is 2.79 bits per heavy atom. The number of hydrogen-bond donors (Lipinski definition) is 1. The van der Waals surface area contributed by atoms with Gasteiger partial charge in [0.25, 0.3) is 17.4 Å². The molecule has 29 heavy (non-hydrogen) atoms. The van der Waals surface area contributed by atoms with E-state index in [9.17, 15) is 9.59 Å². The second-order valence-electron chi connectivity index (χ2n) is 7.04. The Kier molecular flexibility index (Phi) is 4.80. The molecule has 0 bridgehead atoms. The molecule has 2 aromatic carbocycles. The molecule has 4 rings (SSSR count). The van der Waals surface area contributed by atoms with E-state index < -0.39 is 11.5 Å². The highest BCUT2D eigenvalue weighted by atomic mass is 16.5. The SMILES string of the molecule is CCN1C(=O)C(C)(C(=O)Nc2cccc(Cn3ccnc3)c2)Oc2ccccc21. The van der Waals surface area contributed by atoms with Crippen LogP contribution in [0.5, 0.6) is 5.75 Å². The fourth-order valence-electron chi connectivity index (χ4n) is 3.44. The molecule has 1 aliphatic heterocycles. The van der Waals surface area contributed by atoms with E-state index in [-0.39, 0.29) is 5.91 Å². The average molecular weight is 390 g/mol. The van der Waals surface area contributed by atoms with Crippen molar-refractivity contribution < 1.29 is 14.3 Å². The second kappa shape index (κ2) is 7.43. The first-order valence-corrected chi connectivity index (χ1v) is 9.47. The summed E-state index contributed by atoms with van der Waals surface area (Å²) < 4.78 is 7.83. The Labute approximate surface area is 168 Å². The van der Waals surface area contributed by atoms with E-state index in [1.807, 2.05) is 54.1 Å². The van der Waals surface area contributed by atoms with Gasteiger partial charge in [-0.3, -0.25) is 9.59 Å². The number of carbonyl (C=O) groups excluding carboxylic acids is 2. The number of hydrogen-bond acceptors (Lipinski definition) is 4. The molecule has 1 N–H and O–H groups in total. The zero-order valence-electron chi connectivity index (χ0n) is 16.3. The number of ether oxygens (including phenoxy) is 1. The number of para-hydroxylation sites is 2. The molecular weight excluding hydrogens is 368 g/mol. The third-order valence-electron chi connectivity index (χ3n) is 4.98. The Hall–Kier alpha value is -3.61. The van der Waals surface area contributed by atoms with Crippen LogP contribution in [-0.2, 0) is 16.1 Å². The van der Waals surface area contributed by atoms with Crippen molar-refractivity contribution in [1.29, 1.82) is 0 Å². The number of imidazole rings is 1. The Morgan fingerprint density at radius 1 is 1.21 bits per heavy atom. The number of benzene rings is 2. The monoisotopic (exact) mass is 390 g/mol. The van der Waals surface area contributed by atoms with Crippen LogP contribution in [0.2, 0.25) is 0 Å². The minimum Gasteiger partial charge on any atom is -0.465 e. The summed E-state index contributed by atoms with van der Waals surface area (Å²) in [4.78, 5) is 31.8. The predicted octanol–water partition coefficient (Wildman–Crippen LogP) is 3.07. The van der Waals surface area contributed by atoms with Crippen LogP contribution in [0.25, 0.3) is 0 Å². The summed E-state index contributed by atoms with van der Waals surface area (Å²) in [6.07, 6.45) is 5.32. The summed E-state index contributed by atoms with van der Waals surface area (Å²) in [7, 11) is 0. The molecule has 3 aromatic rings. The van der Waals surface area contributed by atoms with Crippen molar-refractivity contribution in [2.75, 3.05) is 16.8 Å². The molecule has 0 fully saturated rings. The number of fused-ring (bicyclic) bond motifs is 1. The van der Waals surface area contributed by atoms with E-state index in [0.29, 0.717) is 30.2 Å². The standard InChI is InChI=1S/C22H22N4O3/c1-3-26-18-9-4-5-10-19(18)29-22(2,21(26)28)20(27)24-17-8-6-7-16(13-17)14-25-12-11-23-15-25/h4-13,15H,3,14H2,1-2H3,(H,24,27). The van der Waals surface area contributed by atoms with Crippen LogP contribution in [0.15, 0.2) is 67.3 Å². The first-order valence-electron chi connectivity index (χ1n) is 9.47.